The third-order valence-electron chi connectivity index (χ3n) is 2.93. The maximum atomic E-state index is 5.66. The van der Waals surface area contributed by atoms with E-state index in [1.54, 1.807) is 12.1 Å². The molecular formula is C12H18ClN5. The molecule has 2 heterocycles. The van der Waals surface area contributed by atoms with E-state index in [0.717, 1.165) is 25.9 Å². The van der Waals surface area contributed by atoms with Crippen molar-refractivity contribution in [2.75, 3.05) is 25.1 Å². The van der Waals surface area contributed by atoms with Crippen LogP contribution in [-0.2, 0) is 0 Å². The van der Waals surface area contributed by atoms with Crippen molar-refractivity contribution in [3.8, 4) is 0 Å². The second-order valence-corrected chi connectivity index (χ2v) is 4.76. The van der Waals surface area contributed by atoms with Gasteiger partial charge in [-0.15, -0.1) is 10.2 Å². The normalized spacial score (nSPS) is 16.7. The first kappa shape index (κ1) is 13.2. The molecule has 0 aliphatic carbocycles. The van der Waals surface area contributed by atoms with Crippen LogP contribution in [-0.4, -0.2) is 40.4 Å². The molecular weight excluding hydrogens is 250 g/mol. The topological polar surface area (TPSA) is 53.4 Å². The Morgan fingerprint density at radius 1 is 1.33 bits per heavy atom. The molecule has 1 aromatic heterocycles. The summed E-state index contributed by atoms with van der Waals surface area (Å²) in [6, 6.07) is 3.46. The van der Waals surface area contributed by atoms with Gasteiger partial charge in [0.25, 0.3) is 0 Å². The lowest BCUT2D eigenvalue weighted by atomic mass is 10.1. The van der Waals surface area contributed by atoms with E-state index in [0.29, 0.717) is 11.0 Å². The fraction of sp³-hybridized carbons (Fsp3) is 0.583. The van der Waals surface area contributed by atoms with Gasteiger partial charge in [-0.1, -0.05) is 18.5 Å². The van der Waals surface area contributed by atoms with E-state index in [1.165, 1.54) is 18.7 Å². The van der Waals surface area contributed by atoms with Gasteiger partial charge in [0, 0.05) is 31.6 Å². The number of piperidine rings is 1. The zero-order valence-corrected chi connectivity index (χ0v) is 11.3. The molecule has 0 radical (unpaired) electrons. The number of anilines is 1. The Balaban J connectivity index is 1.82. The second kappa shape index (κ2) is 6.66. The molecule has 1 aliphatic rings. The predicted molar refractivity (Wildman–Crippen MR) is 74.1 cm³/mol. The summed E-state index contributed by atoms with van der Waals surface area (Å²) in [5, 5.41) is 12.4. The largest absolute Gasteiger partial charge is 0.303 e. The number of nitrogens with zero attached hydrogens (tertiary/aromatic N) is 4. The van der Waals surface area contributed by atoms with Crippen molar-refractivity contribution in [2.45, 2.75) is 26.2 Å². The number of aromatic nitrogens is 2. The minimum absolute atomic E-state index is 0.390. The molecule has 0 saturated carbocycles. The number of hydrazone groups is 1. The quantitative estimate of drug-likeness (QED) is 0.851. The van der Waals surface area contributed by atoms with Crippen molar-refractivity contribution >= 4 is 23.1 Å². The SMILES string of the molecule is CCCN1CCC(=NNc2ccc(Cl)nn2)CC1. The molecule has 0 bridgehead atoms. The summed E-state index contributed by atoms with van der Waals surface area (Å²) in [5.74, 6) is 0.628. The average molecular weight is 268 g/mol. The van der Waals surface area contributed by atoms with Crippen LogP contribution in [0.15, 0.2) is 17.2 Å². The van der Waals surface area contributed by atoms with Crippen LogP contribution in [0.4, 0.5) is 5.82 Å². The third-order valence-corrected chi connectivity index (χ3v) is 3.14. The first-order valence-corrected chi connectivity index (χ1v) is 6.68. The molecule has 0 unspecified atom stereocenters. The van der Waals surface area contributed by atoms with Crippen LogP contribution in [0.2, 0.25) is 5.15 Å². The number of likely N-dealkylation sites (tertiary alicyclic amines) is 1. The Hall–Kier alpha value is -1.20. The minimum Gasteiger partial charge on any atom is -0.303 e. The lowest BCUT2D eigenvalue weighted by molar-refractivity contribution is 0.275. The van der Waals surface area contributed by atoms with Gasteiger partial charge in [0.15, 0.2) is 11.0 Å². The van der Waals surface area contributed by atoms with E-state index in [-0.39, 0.29) is 0 Å². The van der Waals surface area contributed by atoms with E-state index in [9.17, 15) is 0 Å². The molecule has 0 spiro atoms. The molecule has 0 amide bonds. The van der Waals surface area contributed by atoms with Gasteiger partial charge in [0.1, 0.15) is 0 Å². The van der Waals surface area contributed by atoms with E-state index in [2.05, 4.69) is 32.5 Å². The van der Waals surface area contributed by atoms with Crippen LogP contribution in [0.5, 0.6) is 0 Å². The minimum atomic E-state index is 0.390. The van der Waals surface area contributed by atoms with Gasteiger partial charge in [0.2, 0.25) is 0 Å². The lowest BCUT2D eigenvalue weighted by Gasteiger charge is -2.26. The Bertz CT molecular complexity index is 393. The average Bonchev–Trinajstić information content (AvgIpc) is 2.40. The highest BCUT2D eigenvalue weighted by atomic mass is 35.5. The van der Waals surface area contributed by atoms with Crippen molar-refractivity contribution in [3.63, 3.8) is 0 Å². The third kappa shape index (κ3) is 3.92. The van der Waals surface area contributed by atoms with Crippen LogP contribution >= 0.6 is 11.6 Å². The summed E-state index contributed by atoms with van der Waals surface area (Å²) in [6.07, 6.45) is 3.26. The van der Waals surface area contributed by atoms with E-state index >= 15 is 0 Å². The van der Waals surface area contributed by atoms with Crippen molar-refractivity contribution in [1.29, 1.82) is 0 Å². The fourth-order valence-corrected chi connectivity index (χ4v) is 2.08. The van der Waals surface area contributed by atoms with Crippen LogP contribution in [0.25, 0.3) is 0 Å². The summed E-state index contributed by atoms with van der Waals surface area (Å²) in [4.78, 5) is 2.47. The predicted octanol–water partition coefficient (Wildman–Crippen LogP) is 2.40. The summed E-state index contributed by atoms with van der Waals surface area (Å²) in [5.41, 5.74) is 4.12. The highest BCUT2D eigenvalue weighted by Gasteiger charge is 2.13. The fourth-order valence-electron chi connectivity index (χ4n) is 1.97. The van der Waals surface area contributed by atoms with Gasteiger partial charge < -0.3 is 4.90 Å². The van der Waals surface area contributed by atoms with Gasteiger partial charge >= 0.3 is 0 Å². The van der Waals surface area contributed by atoms with Gasteiger partial charge in [-0.2, -0.15) is 5.10 Å². The molecule has 5 nitrogen and oxygen atoms in total. The molecule has 1 N–H and O–H groups in total. The van der Waals surface area contributed by atoms with Crippen molar-refractivity contribution in [3.05, 3.63) is 17.3 Å². The standard InChI is InChI=1S/C12H18ClN5/c1-2-7-18-8-5-10(6-9-18)14-16-12-4-3-11(13)15-17-12/h3-4H,2,5-9H2,1H3,(H,16,17). The molecule has 18 heavy (non-hydrogen) atoms. The molecule has 98 valence electrons. The van der Waals surface area contributed by atoms with Gasteiger partial charge in [-0.3, -0.25) is 5.43 Å². The van der Waals surface area contributed by atoms with Crippen LogP contribution in [0.1, 0.15) is 26.2 Å². The highest BCUT2D eigenvalue weighted by Crippen LogP contribution is 2.10. The number of nitrogens with one attached hydrogen (secondary N) is 1. The van der Waals surface area contributed by atoms with Gasteiger partial charge in [-0.25, -0.2) is 0 Å². The van der Waals surface area contributed by atoms with Crippen LogP contribution < -0.4 is 5.43 Å². The molecule has 1 aromatic rings. The molecule has 0 atom stereocenters. The zero-order valence-electron chi connectivity index (χ0n) is 10.6. The molecule has 0 aromatic carbocycles. The molecule has 6 heteroatoms. The monoisotopic (exact) mass is 267 g/mol. The lowest BCUT2D eigenvalue weighted by Crippen LogP contribution is -2.34. The second-order valence-electron chi connectivity index (χ2n) is 4.37. The Morgan fingerprint density at radius 2 is 2.11 bits per heavy atom. The Labute approximate surface area is 112 Å². The molecule has 2 rings (SSSR count). The number of halogens is 1. The molecule has 1 fully saturated rings. The maximum absolute atomic E-state index is 5.66. The van der Waals surface area contributed by atoms with E-state index < -0.39 is 0 Å². The zero-order chi connectivity index (χ0) is 12.8. The summed E-state index contributed by atoms with van der Waals surface area (Å²) < 4.78 is 0. The van der Waals surface area contributed by atoms with Crippen molar-refractivity contribution < 1.29 is 0 Å². The first-order chi connectivity index (χ1) is 8.78. The van der Waals surface area contributed by atoms with Crippen LogP contribution in [0.3, 0.4) is 0 Å². The summed E-state index contributed by atoms with van der Waals surface area (Å²) in [6.45, 7) is 5.59. The maximum Gasteiger partial charge on any atom is 0.168 e. The summed E-state index contributed by atoms with van der Waals surface area (Å²) in [7, 11) is 0. The van der Waals surface area contributed by atoms with Gasteiger partial charge in [-0.05, 0) is 25.1 Å². The van der Waals surface area contributed by atoms with Gasteiger partial charge in [0.05, 0.1) is 0 Å². The van der Waals surface area contributed by atoms with E-state index in [4.69, 9.17) is 11.6 Å². The molecule has 1 saturated heterocycles. The molecule has 1 aliphatic heterocycles. The summed E-state index contributed by atoms with van der Waals surface area (Å²) >= 11 is 5.66. The Kier molecular flexibility index (Phi) is 4.90. The Morgan fingerprint density at radius 3 is 2.72 bits per heavy atom. The highest BCUT2D eigenvalue weighted by molar-refractivity contribution is 6.29. The number of hydrogen-bond acceptors (Lipinski definition) is 5. The first-order valence-electron chi connectivity index (χ1n) is 6.31. The van der Waals surface area contributed by atoms with Crippen molar-refractivity contribution in [1.82, 2.24) is 15.1 Å². The number of hydrogen-bond donors (Lipinski definition) is 1. The smallest absolute Gasteiger partial charge is 0.168 e. The van der Waals surface area contributed by atoms with E-state index in [1.807, 2.05) is 0 Å². The van der Waals surface area contributed by atoms with Crippen LogP contribution in [0, 0.1) is 0 Å². The number of rotatable bonds is 4. The van der Waals surface area contributed by atoms with Crippen molar-refractivity contribution in [2.24, 2.45) is 5.10 Å².